The Hall–Kier alpha value is -2.89. The Labute approximate surface area is 166 Å². The lowest BCUT2D eigenvalue weighted by Crippen LogP contribution is -2.19. The highest BCUT2D eigenvalue weighted by atomic mass is 16.5. The maximum absolute atomic E-state index is 10.3. The van der Waals surface area contributed by atoms with Crippen molar-refractivity contribution in [2.24, 2.45) is 0 Å². The summed E-state index contributed by atoms with van der Waals surface area (Å²) in [5, 5.41) is 14.0. The first kappa shape index (κ1) is 19.9. The van der Waals surface area contributed by atoms with E-state index < -0.39 is 0 Å². The van der Waals surface area contributed by atoms with E-state index in [1.54, 1.807) is 12.1 Å². The first-order valence-electron chi connectivity index (χ1n) is 9.81. The van der Waals surface area contributed by atoms with Crippen LogP contribution in [0.1, 0.15) is 39.5 Å². The second kappa shape index (κ2) is 8.87. The standard InChI is InChI=1S/C22H29N3O3/c1-5-7-10-16(6-2)23-22-20(24-19-11-8-9-12-25(19)22)15-13-17(27-3)21(26)18(14-15)28-4/h8-9,11-14,16,23,26H,5-7,10H2,1-4H3. The van der Waals surface area contributed by atoms with Crippen LogP contribution < -0.4 is 14.8 Å². The molecule has 0 fully saturated rings. The third kappa shape index (κ3) is 3.86. The van der Waals surface area contributed by atoms with E-state index in [9.17, 15) is 5.11 Å². The van der Waals surface area contributed by atoms with E-state index in [1.165, 1.54) is 27.1 Å². The van der Waals surface area contributed by atoms with Crippen LogP contribution in [0.25, 0.3) is 16.9 Å². The van der Waals surface area contributed by atoms with Gasteiger partial charge in [0.1, 0.15) is 17.2 Å². The maximum Gasteiger partial charge on any atom is 0.200 e. The molecule has 0 bridgehead atoms. The van der Waals surface area contributed by atoms with Crippen LogP contribution in [-0.2, 0) is 0 Å². The number of benzene rings is 1. The van der Waals surface area contributed by atoms with Gasteiger partial charge in [-0.2, -0.15) is 0 Å². The third-order valence-corrected chi connectivity index (χ3v) is 5.02. The molecule has 3 aromatic rings. The van der Waals surface area contributed by atoms with E-state index >= 15 is 0 Å². The minimum Gasteiger partial charge on any atom is -0.502 e. The Balaban J connectivity index is 2.13. The summed E-state index contributed by atoms with van der Waals surface area (Å²) in [4.78, 5) is 4.84. The van der Waals surface area contributed by atoms with Crippen molar-refractivity contribution in [1.29, 1.82) is 0 Å². The van der Waals surface area contributed by atoms with E-state index in [-0.39, 0.29) is 5.75 Å². The first-order chi connectivity index (χ1) is 13.6. The fourth-order valence-corrected chi connectivity index (χ4v) is 3.39. The largest absolute Gasteiger partial charge is 0.502 e. The van der Waals surface area contributed by atoms with Crippen molar-refractivity contribution in [2.75, 3.05) is 19.5 Å². The lowest BCUT2D eigenvalue weighted by Gasteiger charge is -2.19. The topological polar surface area (TPSA) is 68.0 Å². The molecule has 3 rings (SSSR count). The van der Waals surface area contributed by atoms with Gasteiger partial charge in [-0.15, -0.1) is 0 Å². The van der Waals surface area contributed by atoms with Crippen LogP contribution in [0.4, 0.5) is 5.82 Å². The molecule has 2 N–H and O–H groups in total. The summed E-state index contributed by atoms with van der Waals surface area (Å²) in [6.45, 7) is 4.41. The van der Waals surface area contributed by atoms with Crippen molar-refractivity contribution in [1.82, 2.24) is 9.38 Å². The van der Waals surface area contributed by atoms with Crippen LogP contribution >= 0.6 is 0 Å². The lowest BCUT2D eigenvalue weighted by molar-refractivity contribution is 0.340. The van der Waals surface area contributed by atoms with Gasteiger partial charge in [0.15, 0.2) is 11.5 Å². The Morgan fingerprint density at radius 1 is 1.14 bits per heavy atom. The quantitative estimate of drug-likeness (QED) is 0.538. The summed E-state index contributed by atoms with van der Waals surface area (Å²) >= 11 is 0. The van der Waals surface area contributed by atoms with E-state index in [1.807, 2.05) is 24.4 Å². The Morgan fingerprint density at radius 3 is 2.46 bits per heavy atom. The van der Waals surface area contributed by atoms with E-state index in [4.69, 9.17) is 14.5 Å². The van der Waals surface area contributed by atoms with Gasteiger partial charge in [-0.1, -0.05) is 32.8 Å². The average Bonchev–Trinajstić information content (AvgIpc) is 3.09. The number of aromatic hydroxyl groups is 1. The molecule has 2 heterocycles. The molecular weight excluding hydrogens is 354 g/mol. The summed E-state index contributed by atoms with van der Waals surface area (Å²) in [6, 6.07) is 9.89. The molecule has 6 heteroatoms. The number of pyridine rings is 1. The van der Waals surface area contributed by atoms with E-state index in [2.05, 4.69) is 23.6 Å². The zero-order chi connectivity index (χ0) is 20.1. The fraction of sp³-hybridized carbons (Fsp3) is 0.409. The molecule has 0 spiro atoms. The van der Waals surface area contributed by atoms with Gasteiger partial charge in [-0.25, -0.2) is 4.98 Å². The highest BCUT2D eigenvalue weighted by molar-refractivity contribution is 5.79. The SMILES string of the molecule is CCCCC(CC)Nc1c(-c2cc(OC)c(O)c(OC)c2)nc2ccccn12. The monoisotopic (exact) mass is 383 g/mol. The Bertz CT molecular complexity index is 911. The van der Waals surface area contributed by atoms with Crippen molar-refractivity contribution in [3.05, 3.63) is 36.5 Å². The highest BCUT2D eigenvalue weighted by Gasteiger charge is 2.20. The van der Waals surface area contributed by atoms with E-state index in [0.29, 0.717) is 17.5 Å². The van der Waals surface area contributed by atoms with E-state index in [0.717, 1.165) is 35.6 Å². The summed E-state index contributed by atoms with van der Waals surface area (Å²) < 4.78 is 12.7. The predicted molar refractivity (Wildman–Crippen MR) is 113 cm³/mol. The molecule has 0 aliphatic heterocycles. The fourth-order valence-electron chi connectivity index (χ4n) is 3.39. The zero-order valence-corrected chi connectivity index (χ0v) is 17.0. The molecule has 28 heavy (non-hydrogen) atoms. The number of hydrogen-bond donors (Lipinski definition) is 2. The van der Waals surface area contributed by atoms with Crippen molar-refractivity contribution in [3.8, 4) is 28.5 Å². The predicted octanol–water partition coefficient (Wildman–Crippen LogP) is 5.10. The Kier molecular flexibility index (Phi) is 6.29. The van der Waals surface area contributed by atoms with Crippen LogP contribution in [0.15, 0.2) is 36.5 Å². The van der Waals surface area contributed by atoms with Gasteiger partial charge >= 0.3 is 0 Å². The van der Waals surface area contributed by atoms with Gasteiger partial charge in [0, 0.05) is 17.8 Å². The molecule has 1 aromatic carbocycles. The van der Waals surface area contributed by atoms with Gasteiger partial charge in [-0.05, 0) is 37.1 Å². The number of phenolic OH excluding ortho intramolecular Hbond substituents is 1. The molecule has 0 aliphatic rings. The lowest BCUT2D eigenvalue weighted by atomic mass is 10.1. The number of phenols is 1. The molecule has 1 atom stereocenters. The number of fused-ring (bicyclic) bond motifs is 1. The van der Waals surface area contributed by atoms with Crippen molar-refractivity contribution < 1.29 is 14.6 Å². The van der Waals surface area contributed by atoms with Crippen LogP contribution in [0.5, 0.6) is 17.2 Å². The molecule has 1 unspecified atom stereocenters. The number of hydrogen-bond acceptors (Lipinski definition) is 5. The average molecular weight is 383 g/mol. The summed E-state index contributed by atoms with van der Waals surface area (Å²) in [5.74, 6) is 1.64. The zero-order valence-electron chi connectivity index (χ0n) is 17.0. The maximum atomic E-state index is 10.3. The first-order valence-corrected chi connectivity index (χ1v) is 9.81. The molecule has 0 saturated carbocycles. The number of imidazole rings is 1. The Morgan fingerprint density at radius 2 is 1.86 bits per heavy atom. The number of methoxy groups -OCH3 is 2. The minimum atomic E-state index is -0.0126. The minimum absolute atomic E-state index is 0.0126. The van der Waals surface area contributed by atoms with Crippen molar-refractivity contribution in [3.63, 3.8) is 0 Å². The number of nitrogens with zero attached hydrogens (tertiary/aromatic N) is 2. The van der Waals surface area contributed by atoms with Gasteiger partial charge in [-0.3, -0.25) is 4.40 Å². The number of nitrogens with one attached hydrogen (secondary N) is 1. The summed E-state index contributed by atoms with van der Waals surface area (Å²) in [5.41, 5.74) is 2.48. The van der Waals surface area contributed by atoms with Crippen molar-refractivity contribution in [2.45, 2.75) is 45.6 Å². The molecule has 0 radical (unpaired) electrons. The van der Waals surface area contributed by atoms with Crippen LogP contribution in [0, 0.1) is 0 Å². The molecule has 0 amide bonds. The molecule has 0 aliphatic carbocycles. The number of aromatic nitrogens is 2. The summed E-state index contributed by atoms with van der Waals surface area (Å²) in [6.07, 6.45) is 6.50. The number of anilines is 1. The summed E-state index contributed by atoms with van der Waals surface area (Å²) in [7, 11) is 3.05. The van der Waals surface area contributed by atoms with Crippen LogP contribution in [0.2, 0.25) is 0 Å². The number of rotatable bonds is 9. The van der Waals surface area contributed by atoms with Gasteiger partial charge in [0.05, 0.1) is 14.2 Å². The molecule has 2 aromatic heterocycles. The third-order valence-electron chi connectivity index (χ3n) is 5.02. The molecular formula is C22H29N3O3. The molecule has 0 saturated heterocycles. The number of ether oxygens (including phenoxy) is 2. The molecule has 150 valence electrons. The van der Waals surface area contributed by atoms with Gasteiger partial charge in [0.25, 0.3) is 0 Å². The van der Waals surface area contributed by atoms with Gasteiger partial charge in [0.2, 0.25) is 5.75 Å². The van der Waals surface area contributed by atoms with Crippen LogP contribution in [0.3, 0.4) is 0 Å². The van der Waals surface area contributed by atoms with Crippen molar-refractivity contribution >= 4 is 11.5 Å². The smallest absolute Gasteiger partial charge is 0.200 e. The van der Waals surface area contributed by atoms with Crippen LogP contribution in [-0.4, -0.2) is 34.8 Å². The number of unbranched alkanes of at least 4 members (excludes halogenated alkanes) is 1. The second-order valence-corrected chi connectivity index (χ2v) is 6.86. The van der Waals surface area contributed by atoms with Gasteiger partial charge < -0.3 is 19.9 Å². The molecule has 6 nitrogen and oxygen atoms in total. The normalized spacial score (nSPS) is 12.1. The highest BCUT2D eigenvalue weighted by Crippen LogP contribution is 2.42. The second-order valence-electron chi connectivity index (χ2n) is 6.86.